The Morgan fingerprint density at radius 3 is 2.42 bits per heavy atom. The number of piperidine rings is 1. The number of likely N-dealkylation sites (tertiary alicyclic amines) is 1. The van der Waals surface area contributed by atoms with Crippen LogP contribution in [0.25, 0.3) is 0 Å². The van der Waals surface area contributed by atoms with Gasteiger partial charge in [0.15, 0.2) is 0 Å². The summed E-state index contributed by atoms with van der Waals surface area (Å²) in [6, 6.07) is 24.7. The van der Waals surface area contributed by atoms with E-state index in [1.54, 1.807) is 36.3 Å². The Hall–Kier alpha value is -4.96. The smallest absolute Gasteiger partial charge is 0.209 e. The number of nitrogens with one attached hydrogen (secondary N) is 2. The molecule has 10 nitrogen and oxygen atoms in total. The van der Waals surface area contributed by atoms with Gasteiger partial charge < -0.3 is 30.2 Å². The molecule has 1 fully saturated rings. The number of rotatable bonds is 10. The molecule has 10 heteroatoms. The van der Waals surface area contributed by atoms with Gasteiger partial charge in [0.1, 0.15) is 41.8 Å². The maximum absolute atomic E-state index is 11.2. The zero-order chi connectivity index (χ0) is 32.2. The predicted molar refractivity (Wildman–Crippen MR) is 177 cm³/mol. The van der Waals surface area contributed by atoms with Crippen LogP contribution in [0.4, 0.5) is 11.6 Å². The van der Waals surface area contributed by atoms with Gasteiger partial charge in [0.25, 0.3) is 0 Å². The number of nitrogens with zero attached hydrogens (tertiary/aromatic N) is 3. The van der Waals surface area contributed by atoms with Gasteiger partial charge in [0.05, 0.1) is 16.9 Å². The van der Waals surface area contributed by atoms with E-state index in [0.717, 1.165) is 31.4 Å². The van der Waals surface area contributed by atoms with Crippen molar-refractivity contribution in [2.24, 2.45) is 0 Å². The second kappa shape index (κ2) is 15.7. The number of methoxy groups -OCH3 is 1. The van der Waals surface area contributed by atoms with Crippen LogP contribution in [0.15, 0.2) is 85.2 Å². The summed E-state index contributed by atoms with van der Waals surface area (Å²) in [4.78, 5) is 21.4. The van der Waals surface area contributed by atoms with E-state index in [4.69, 9.17) is 25.4 Å². The molecule has 0 spiro atoms. The number of ether oxygens (including phenoxy) is 3. The van der Waals surface area contributed by atoms with E-state index in [-0.39, 0.29) is 23.2 Å². The van der Waals surface area contributed by atoms with Gasteiger partial charge in [0.2, 0.25) is 6.41 Å². The van der Waals surface area contributed by atoms with Crippen LogP contribution < -0.4 is 20.5 Å². The first-order valence-corrected chi connectivity index (χ1v) is 14.9. The molecule has 1 aliphatic rings. The lowest BCUT2D eigenvalue weighted by Gasteiger charge is -2.31. The number of carbonyl (C=O) groups excluding carboxylic acids is 1. The van der Waals surface area contributed by atoms with Crippen LogP contribution >= 0.6 is 0 Å². The quantitative estimate of drug-likeness (QED) is 0.140. The lowest BCUT2D eigenvalue weighted by atomic mass is 10.0. The summed E-state index contributed by atoms with van der Waals surface area (Å²) in [5.74, 6) is 2.68. The molecule has 1 atom stereocenters. The molecule has 0 radical (unpaired) electrons. The van der Waals surface area contributed by atoms with Gasteiger partial charge in [-0.1, -0.05) is 36.4 Å². The van der Waals surface area contributed by atoms with E-state index in [2.05, 4.69) is 15.3 Å². The standard InChI is InChI=1S/C30H30N6O3.C5H12O/c31-28(27-29(32)33-19-34-30(27)35-23-8-5-15-36(17-23)20-37)22-11-13-24(14-12-22)39-26-10-4-9-25(16-26)38-18-21-6-2-1-3-7-21;1-5(2,3)6-4/h1-4,6-7,9-14,16,19-20,23,31H,5,8,15,17-18H2,(H3,32,33,34,35);1-4H3. The number of hydrogen-bond donors (Lipinski definition) is 3. The molecule has 1 amide bonds. The van der Waals surface area contributed by atoms with E-state index in [1.165, 1.54) is 6.33 Å². The molecule has 2 heterocycles. The minimum atomic E-state index is 0.0213. The number of hydrogen-bond acceptors (Lipinski definition) is 9. The summed E-state index contributed by atoms with van der Waals surface area (Å²) in [6.45, 7) is 7.85. The minimum absolute atomic E-state index is 0.0213. The summed E-state index contributed by atoms with van der Waals surface area (Å²) in [5, 5.41) is 12.2. The third-order valence-corrected chi connectivity index (χ3v) is 7.11. The number of nitrogen functional groups attached to an aromatic ring is 1. The maximum atomic E-state index is 11.2. The number of amides is 1. The number of benzene rings is 3. The monoisotopic (exact) mass is 610 g/mol. The summed E-state index contributed by atoms with van der Waals surface area (Å²) < 4.78 is 16.9. The van der Waals surface area contributed by atoms with Crippen molar-refractivity contribution in [3.8, 4) is 17.2 Å². The molecule has 4 aromatic rings. The fourth-order valence-electron chi connectivity index (χ4n) is 4.51. The summed E-state index contributed by atoms with van der Waals surface area (Å²) in [6.07, 6.45) is 4.03. The Morgan fingerprint density at radius 1 is 1.02 bits per heavy atom. The largest absolute Gasteiger partial charge is 0.489 e. The molecule has 1 aromatic heterocycles. The van der Waals surface area contributed by atoms with Gasteiger partial charge in [-0.3, -0.25) is 10.2 Å². The fraction of sp³-hybridized carbons (Fsp3) is 0.314. The van der Waals surface area contributed by atoms with Crippen LogP contribution in [0.2, 0.25) is 0 Å². The van der Waals surface area contributed by atoms with Crippen LogP contribution in [-0.2, 0) is 16.1 Å². The van der Waals surface area contributed by atoms with Gasteiger partial charge in [-0.05, 0) is 75.6 Å². The van der Waals surface area contributed by atoms with Crippen molar-refractivity contribution >= 4 is 23.8 Å². The Bertz CT molecular complexity index is 1540. The molecule has 0 saturated carbocycles. The van der Waals surface area contributed by atoms with E-state index >= 15 is 0 Å². The van der Waals surface area contributed by atoms with Gasteiger partial charge in [-0.25, -0.2) is 9.97 Å². The number of aromatic nitrogens is 2. The Kier molecular flexibility index (Phi) is 11.5. The maximum Gasteiger partial charge on any atom is 0.209 e. The zero-order valence-corrected chi connectivity index (χ0v) is 26.3. The van der Waals surface area contributed by atoms with Crippen LogP contribution in [0.3, 0.4) is 0 Å². The highest BCUT2D eigenvalue weighted by molar-refractivity contribution is 6.16. The molecule has 236 valence electrons. The van der Waals surface area contributed by atoms with Crippen molar-refractivity contribution in [1.82, 2.24) is 14.9 Å². The predicted octanol–water partition coefficient (Wildman–Crippen LogP) is 6.31. The first-order valence-electron chi connectivity index (χ1n) is 14.9. The lowest BCUT2D eigenvalue weighted by Crippen LogP contribution is -2.41. The molecular weight excluding hydrogens is 568 g/mol. The first-order chi connectivity index (χ1) is 21.6. The highest BCUT2D eigenvalue weighted by Gasteiger charge is 2.23. The van der Waals surface area contributed by atoms with Crippen LogP contribution in [0, 0.1) is 5.41 Å². The van der Waals surface area contributed by atoms with Gasteiger partial charge in [-0.15, -0.1) is 0 Å². The average Bonchev–Trinajstić information content (AvgIpc) is 3.05. The highest BCUT2D eigenvalue weighted by atomic mass is 16.5. The Balaban J connectivity index is 0.000000700. The molecule has 1 saturated heterocycles. The van der Waals surface area contributed by atoms with E-state index in [1.807, 2.05) is 75.4 Å². The van der Waals surface area contributed by atoms with Crippen LogP contribution in [0.1, 0.15) is 50.3 Å². The lowest BCUT2D eigenvalue weighted by molar-refractivity contribution is -0.119. The minimum Gasteiger partial charge on any atom is -0.489 e. The molecule has 5 rings (SSSR count). The van der Waals surface area contributed by atoms with E-state index < -0.39 is 0 Å². The molecule has 0 aliphatic carbocycles. The number of nitrogens with two attached hydrogens (primary N) is 1. The van der Waals surface area contributed by atoms with E-state index in [9.17, 15) is 4.79 Å². The Labute approximate surface area is 265 Å². The molecule has 1 aliphatic heterocycles. The molecule has 4 N–H and O–H groups in total. The number of carbonyl (C=O) groups is 1. The van der Waals surface area contributed by atoms with Crippen molar-refractivity contribution in [3.63, 3.8) is 0 Å². The van der Waals surface area contributed by atoms with Gasteiger partial charge in [-0.2, -0.15) is 0 Å². The highest BCUT2D eigenvalue weighted by Crippen LogP contribution is 2.28. The topological polar surface area (TPSA) is 136 Å². The third-order valence-electron chi connectivity index (χ3n) is 7.11. The molecular formula is C35H42N6O4. The molecule has 3 aromatic carbocycles. The van der Waals surface area contributed by atoms with E-state index in [0.29, 0.717) is 47.3 Å². The number of anilines is 2. The van der Waals surface area contributed by atoms with Crippen LogP contribution in [-0.4, -0.2) is 58.8 Å². The molecule has 1 unspecified atom stereocenters. The van der Waals surface area contributed by atoms with Gasteiger partial charge in [0, 0.05) is 37.9 Å². The van der Waals surface area contributed by atoms with Gasteiger partial charge >= 0.3 is 0 Å². The fourth-order valence-corrected chi connectivity index (χ4v) is 4.51. The summed E-state index contributed by atoms with van der Waals surface area (Å²) >= 11 is 0. The molecule has 0 bridgehead atoms. The third kappa shape index (κ3) is 10.0. The SMILES string of the molecule is COC(C)(C)C.N=C(c1ccc(Oc2cccc(OCc3ccccc3)c2)cc1)c1c(N)ncnc1NC1CCCN(C=O)C1. The second-order valence-corrected chi connectivity index (χ2v) is 11.6. The normalized spacial score (nSPS) is 14.5. The van der Waals surface area contributed by atoms with Crippen molar-refractivity contribution in [2.45, 2.75) is 51.9 Å². The second-order valence-electron chi connectivity index (χ2n) is 11.6. The van der Waals surface area contributed by atoms with Crippen molar-refractivity contribution < 1.29 is 19.0 Å². The summed E-state index contributed by atoms with van der Waals surface area (Å²) in [7, 11) is 1.71. The first kappa shape index (κ1) is 32.9. The zero-order valence-electron chi connectivity index (χ0n) is 26.3. The molecule has 45 heavy (non-hydrogen) atoms. The van der Waals surface area contributed by atoms with Crippen molar-refractivity contribution in [2.75, 3.05) is 31.2 Å². The van der Waals surface area contributed by atoms with Crippen LogP contribution in [0.5, 0.6) is 17.2 Å². The average molecular weight is 611 g/mol. The van der Waals surface area contributed by atoms with Crippen molar-refractivity contribution in [1.29, 1.82) is 5.41 Å². The Morgan fingerprint density at radius 2 is 1.73 bits per heavy atom. The van der Waals surface area contributed by atoms with Crippen molar-refractivity contribution in [3.05, 3.63) is 102 Å². The summed E-state index contributed by atoms with van der Waals surface area (Å²) in [5.41, 5.74) is 8.59.